The van der Waals surface area contributed by atoms with Crippen molar-refractivity contribution in [3.8, 4) is 5.69 Å². The number of amides is 2. The number of urea groups is 1. The summed E-state index contributed by atoms with van der Waals surface area (Å²) in [7, 11) is 0. The molecule has 0 saturated heterocycles. The van der Waals surface area contributed by atoms with E-state index < -0.39 is 0 Å². The number of carbonyl (C=O) groups is 1. The molecule has 0 aliphatic heterocycles. The van der Waals surface area contributed by atoms with E-state index >= 15 is 0 Å². The molecule has 3 aromatic rings. The minimum atomic E-state index is -0.258. The first-order valence-corrected chi connectivity index (χ1v) is 7.94. The van der Waals surface area contributed by atoms with Gasteiger partial charge in [-0.1, -0.05) is 35.5 Å². The van der Waals surface area contributed by atoms with E-state index in [0.717, 1.165) is 11.3 Å². The Morgan fingerprint density at radius 1 is 1.12 bits per heavy atom. The van der Waals surface area contributed by atoms with Crippen molar-refractivity contribution in [2.24, 2.45) is 0 Å². The van der Waals surface area contributed by atoms with Crippen molar-refractivity contribution in [3.63, 3.8) is 0 Å². The average molecular weight is 337 g/mol. The number of hydrogen-bond donors (Lipinski definition) is 2. The molecule has 1 heterocycles. The lowest BCUT2D eigenvalue weighted by atomic mass is 10.2. The van der Waals surface area contributed by atoms with Gasteiger partial charge in [-0.25, -0.2) is 9.48 Å². The van der Waals surface area contributed by atoms with Gasteiger partial charge in [0.25, 0.3) is 0 Å². The molecule has 0 aliphatic rings. The molecule has 3 rings (SSSR count). The van der Waals surface area contributed by atoms with Gasteiger partial charge in [-0.15, -0.1) is 5.10 Å². The lowest BCUT2D eigenvalue weighted by molar-refractivity contribution is 0.185. The van der Waals surface area contributed by atoms with E-state index in [4.69, 9.17) is 0 Å². The van der Waals surface area contributed by atoms with Crippen molar-refractivity contribution in [3.05, 3.63) is 72.6 Å². The second-order valence-electron chi connectivity index (χ2n) is 5.46. The van der Waals surface area contributed by atoms with Crippen molar-refractivity contribution in [1.29, 1.82) is 0 Å². The van der Waals surface area contributed by atoms with Crippen LogP contribution in [0.5, 0.6) is 0 Å². The highest BCUT2D eigenvalue weighted by atomic mass is 16.3. The van der Waals surface area contributed by atoms with Crippen molar-refractivity contribution >= 4 is 11.7 Å². The van der Waals surface area contributed by atoms with Gasteiger partial charge >= 0.3 is 6.03 Å². The van der Waals surface area contributed by atoms with Gasteiger partial charge in [-0.3, -0.25) is 0 Å². The van der Waals surface area contributed by atoms with Crippen molar-refractivity contribution in [2.45, 2.75) is 6.54 Å². The molecule has 0 atom stereocenters. The summed E-state index contributed by atoms with van der Waals surface area (Å²) < 4.78 is 1.64. The second kappa shape index (κ2) is 8.07. The molecule has 2 amide bonds. The predicted octanol–water partition coefficient (Wildman–Crippen LogP) is 2.29. The number of aliphatic hydroxyl groups excluding tert-OH is 1. The van der Waals surface area contributed by atoms with Gasteiger partial charge in [0.2, 0.25) is 0 Å². The Morgan fingerprint density at radius 3 is 2.52 bits per heavy atom. The van der Waals surface area contributed by atoms with Crippen LogP contribution in [-0.4, -0.2) is 44.2 Å². The van der Waals surface area contributed by atoms with Gasteiger partial charge in [0.1, 0.15) is 0 Å². The van der Waals surface area contributed by atoms with Gasteiger partial charge in [0.15, 0.2) is 0 Å². The molecule has 0 fully saturated rings. The molecule has 2 aromatic carbocycles. The van der Waals surface area contributed by atoms with Crippen LogP contribution >= 0.6 is 0 Å². The third-order valence-corrected chi connectivity index (χ3v) is 3.68. The summed E-state index contributed by atoms with van der Waals surface area (Å²) in [6, 6.07) is 16.7. The summed E-state index contributed by atoms with van der Waals surface area (Å²) in [5, 5.41) is 19.8. The number of hydrogen-bond acceptors (Lipinski definition) is 4. The molecular formula is C18H19N5O2. The van der Waals surface area contributed by atoms with Crippen LogP contribution in [-0.2, 0) is 6.54 Å². The zero-order chi connectivity index (χ0) is 17.5. The molecule has 1 aromatic heterocycles. The Morgan fingerprint density at radius 2 is 1.88 bits per heavy atom. The first-order valence-electron chi connectivity index (χ1n) is 7.94. The molecule has 25 heavy (non-hydrogen) atoms. The third kappa shape index (κ3) is 4.42. The summed E-state index contributed by atoms with van der Waals surface area (Å²) in [5.74, 6) is 0. The zero-order valence-corrected chi connectivity index (χ0v) is 13.6. The fraction of sp³-hybridized carbons (Fsp3) is 0.167. The zero-order valence-electron chi connectivity index (χ0n) is 13.6. The number of aliphatic hydroxyl groups is 1. The predicted molar refractivity (Wildman–Crippen MR) is 94.3 cm³/mol. The maximum Gasteiger partial charge on any atom is 0.322 e. The molecule has 0 unspecified atom stereocenters. The average Bonchev–Trinajstić information content (AvgIpc) is 3.17. The van der Waals surface area contributed by atoms with E-state index in [2.05, 4.69) is 15.6 Å². The molecule has 0 bridgehead atoms. The Kier molecular flexibility index (Phi) is 5.38. The molecule has 0 saturated carbocycles. The summed E-state index contributed by atoms with van der Waals surface area (Å²) in [4.78, 5) is 14.1. The van der Waals surface area contributed by atoms with Crippen LogP contribution in [0.2, 0.25) is 0 Å². The minimum absolute atomic E-state index is 0.0918. The normalized spacial score (nSPS) is 10.4. The maximum absolute atomic E-state index is 12.5. The third-order valence-electron chi connectivity index (χ3n) is 3.68. The molecule has 7 heteroatoms. The molecule has 2 N–H and O–H groups in total. The van der Waals surface area contributed by atoms with Gasteiger partial charge < -0.3 is 15.3 Å². The quantitative estimate of drug-likeness (QED) is 0.723. The highest BCUT2D eigenvalue weighted by molar-refractivity contribution is 5.89. The van der Waals surface area contributed by atoms with Gasteiger partial charge in [0, 0.05) is 18.8 Å². The largest absolute Gasteiger partial charge is 0.395 e. The van der Waals surface area contributed by atoms with E-state index in [-0.39, 0.29) is 19.2 Å². The molecule has 0 radical (unpaired) electrons. The van der Waals surface area contributed by atoms with Crippen LogP contribution in [0.3, 0.4) is 0 Å². The fourth-order valence-electron chi connectivity index (χ4n) is 2.42. The summed E-state index contributed by atoms with van der Waals surface area (Å²) >= 11 is 0. The Labute approximate surface area is 145 Å². The highest BCUT2D eigenvalue weighted by Gasteiger charge is 2.13. The number of carbonyl (C=O) groups excluding carboxylic acids is 1. The lowest BCUT2D eigenvalue weighted by Gasteiger charge is -2.22. The summed E-state index contributed by atoms with van der Waals surface area (Å²) in [6.07, 6.45) is 3.35. The molecule has 0 aliphatic carbocycles. The molecule has 128 valence electrons. The summed E-state index contributed by atoms with van der Waals surface area (Å²) in [5.41, 5.74) is 2.53. The molecule has 7 nitrogen and oxygen atoms in total. The van der Waals surface area contributed by atoms with E-state index in [1.54, 1.807) is 34.1 Å². The van der Waals surface area contributed by atoms with E-state index in [9.17, 15) is 9.90 Å². The Hall–Kier alpha value is -3.19. The second-order valence-corrected chi connectivity index (χ2v) is 5.46. The van der Waals surface area contributed by atoms with Crippen LogP contribution in [0.25, 0.3) is 5.69 Å². The van der Waals surface area contributed by atoms with E-state index in [1.807, 2.05) is 42.5 Å². The number of benzene rings is 2. The lowest BCUT2D eigenvalue weighted by Crippen LogP contribution is -2.36. The van der Waals surface area contributed by atoms with Crippen LogP contribution in [0.1, 0.15) is 5.56 Å². The first-order chi connectivity index (χ1) is 12.3. The van der Waals surface area contributed by atoms with E-state index in [0.29, 0.717) is 12.2 Å². The summed E-state index contributed by atoms with van der Waals surface area (Å²) in [6.45, 7) is 0.605. The van der Waals surface area contributed by atoms with Crippen LogP contribution in [0, 0.1) is 0 Å². The van der Waals surface area contributed by atoms with E-state index in [1.165, 1.54) is 0 Å². The fourth-order valence-corrected chi connectivity index (χ4v) is 2.42. The number of nitrogens with zero attached hydrogens (tertiary/aromatic N) is 4. The van der Waals surface area contributed by atoms with Crippen LogP contribution in [0.4, 0.5) is 10.5 Å². The van der Waals surface area contributed by atoms with Crippen molar-refractivity contribution < 1.29 is 9.90 Å². The number of nitrogens with one attached hydrogen (secondary N) is 1. The standard InChI is InChI=1S/C18H19N5O2/c24-13-12-22(14-15-4-2-1-3-5-15)18(25)20-16-6-8-17(9-7-16)23-11-10-19-21-23/h1-11,24H,12-14H2,(H,20,25). The van der Waals surface area contributed by atoms with Crippen LogP contribution < -0.4 is 5.32 Å². The maximum atomic E-state index is 12.5. The van der Waals surface area contributed by atoms with Gasteiger partial charge in [-0.05, 0) is 29.8 Å². The SMILES string of the molecule is O=C(Nc1ccc(-n2ccnn2)cc1)N(CCO)Cc1ccccc1. The number of aromatic nitrogens is 3. The van der Waals surface area contributed by atoms with Crippen LogP contribution in [0.15, 0.2) is 67.0 Å². The Balaban J connectivity index is 1.66. The van der Waals surface area contributed by atoms with Gasteiger partial charge in [-0.2, -0.15) is 0 Å². The first kappa shape index (κ1) is 16.7. The Bertz CT molecular complexity index is 788. The molecular weight excluding hydrogens is 318 g/mol. The minimum Gasteiger partial charge on any atom is -0.395 e. The van der Waals surface area contributed by atoms with Crippen molar-refractivity contribution in [1.82, 2.24) is 19.9 Å². The molecule has 0 spiro atoms. The van der Waals surface area contributed by atoms with Crippen molar-refractivity contribution in [2.75, 3.05) is 18.5 Å². The monoisotopic (exact) mass is 337 g/mol. The smallest absolute Gasteiger partial charge is 0.322 e. The highest BCUT2D eigenvalue weighted by Crippen LogP contribution is 2.14. The number of rotatable bonds is 6. The topological polar surface area (TPSA) is 83.3 Å². The number of anilines is 1. The van der Waals surface area contributed by atoms with Gasteiger partial charge in [0.05, 0.1) is 24.7 Å².